The minimum Gasteiger partial charge on any atom is -0.361 e. The van der Waals surface area contributed by atoms with E-state index in [4.69, 9.17) is 10.5 Å². The second-order valence-corrected chi connectivity index (χ2v) is 4.57. The summed E-state index contributed by atoms with van der Waals surface area (Å²) in [7, 11) is 0. The normalized spacial score (nSPS) is 26.1. The van der Waals surface area contributed by atoms with Crippen molar-refractivity contribution in [2.24, 2.45) is 11.7 Å². The van der Waals surface area contributed by atoms with Gasteiger partial charge in [-0.1, -0.05) is 13.8 Å². The third-order valence-electron chi connectivity index (χ3n) is 2.44. The van der Waals surface area contributed by atoms with Crippen LogP contribution in [0, 0.1) is 5.92 Å². The lowest BCUT2D eigenvalue weighted by molar-refractivity contribution is -0.125. The zero-order chi connectivity index (χ0) is 11.6. The lowest BCUT2D eigenvalue weighted by Crippen LogP contribution is -2.48. The lowest BCUT2D eigenvalue weighted by Gasteiger charge is -2.19. The first kappa shape index (κ1) is 12.0. The Morgan fingerprint density at radius 2 is 2.07 bits per heavy atom. The van der Waals surface area contributed by atoms with Crippen LogP contribution in [0.4, 0.5) is 4.79 Å². The highest BCUT2D eigenvalue weighted by Gasteiger charge is 2.49. The molecule has 0 radical (unpaired) electrons. The van der Waals surface area contributed by atoms with E-state index in [2.05, 4.69) is 5.32 Å². The third kappa shape index (κ3) is 3.20. The predicted octanol–water partition coefficient (Wildman–Crippen LogP) is 0.427. The van der Waals surface area contributed by atoms with Crippen LogP contribution in [-0.2, 0) is 9.53 Å². The van der Waals surface area contributed by atoms with Crippen molar-refractivity contribution in [2.75, 3.05) is 6.61 Å². The molecule has 1 fully saturated rings. The fourth-order valence-corrected chi connectivity index (χ4v) is 1.49. The number of nitrogens with one attached hydrogen (secondary N) is 1. The van der Waals surface area contributed by atoms with Gasteiger partial charge in [-0.3, -0.25) is 4.79 Å². The van der Waals surface area contributed by atoms with Crippen molar-refractivity contribution in [1.29, 1.82) is 0 Å². The number of hydrogen-bond acceptors (Lipinski definition) is 3. The predicted molar refractivity (Wildman–Crippen MR) is 55.3 cm³/mol. The van der Waals surface area contributed by atoms with Crippen molar-refractivity contribution >= 4 is 11.8 Å². The number of epoxide rings is 1. The summed E-state index contributed by atoms with van der Waals surface area (Å²) in [5, 5.41) is 2.47. The largest absolute Gasteiger partial charge is 0.361 e. The molecule has 0 bridgehead atoms. The Morgan fingerprint density at radius 3 is 2.40 bits per heavy atom. The number of nitrogens with two attached hydrogens (primary N) is 1. The Morgan fingerprint density at radius 1 is 1.53 bits per heavy atom. The fraction of sp³-hybridized carbons (Fsp3) is 0.800. The summed E-state index contributed by atoms with van der Waals surface area (Å²) in [6.45, 7) is 6.13. The molecule has 0 spiro atoms. The second-order valence-electron chi connectivity index (χ2n) is 4.57. The van der Waals surface area contributed by atoms with Crippen LogP contribution in [0.5, 0.6) is 0 Å². The molecule has 15 heavy (non-hydrogen) atoms. The molecule has 0 saturated carbocycles. The molecule has 0 aromatic carbocycles. The zero-order valence-corrected chi connectivity index (χ0v) is 9.37. The number of carbonyl (C=O) groups is 2. The molecule has 0 aromatic rings. The van der Waals surface area contributed by atoms with Crippen molar-refractivity contribution < 1.29 is 14.3 Å². The average molecular weight is 214 g/mol. The van der Waals surface area contributed by atoms with Gasteiger partial charge >= 0.3 is 6.03 Å². The highest BCUT2D eigenvalue weighted by molar-refractivity contribution is 5.96. The minimum atomic E-state index is -0.706. The molecule has 1 aliphatic rings. The molecular weight excluding hydrogens is 196 g/mol. The van der Waals surface area contributed by atoms with Crippen LogP contribution in [-0.4, -0.2) is 30.1 Å². The molecule has 0 aliphatic carbocycles. The summed E-state index contributed by atoms with van der Waals surface area (Å²) < 4.78 is 5.06. The number of primary amides is 1. The Kier molecular flexibility index (Phi) is 3.34. The molecule has 1 unspecified atom stereocenters. The molecule has 2 atom stereocenters. The molecule has 1 heterocycles. The molecule has 0 aromatic heterocycles. The van der Waals surface area contributed by atoms with E-state index in [1.807, 2.05) is 13.8 Å². The van der Waals surface area contributed by atoms with Crippen LogP contribution in [0.25, 0.3) is 0 Å². The maximum atomic E-state index is 11.9. The standard InChI is InChI=1S/C10H18N2O3/c1-6(2)4-7(12-9(11)14)8(13)10(3)5-15-10/h6-7H,4-5H2,1-3H3,(H3,11,12,14)/t7-,10?/m0/s1. The number of carbonyl (C=O) groups excluding carboxylic acids is 2. The Labute approximate surface area is 89.3 Å². The zero-order valence-electron chi connectivity index (χ0n) is 9.37. The van der Waals surface area contributed by atoms with Crippen molar-refractivity contribution in [2.45, 2.75) is 38.8 Å². The van der Waals surface area contributed by atoms with Gasteiger partial charge in [0, 0.05) is 0 Å². The first-order valence-corrected chi connectivity index (χ1v) is 5.09. The van der Waals surface area contributed by atoms with Gasteiger partial charge in [-0.05, 0) is 19.3 Å². The first-order chi connectivity index (χ1) is 6.85. The Balaban J connectivity index is 2.62. The van der Waals surface area contributed by atoms with E-state index in [1.54, 1.807) is 6.92 Å². The van der Waals surface area contributed by atoms with Crippen molar-refractivity contribution in [3.05, 3.63) is 0 Å². The van der Waals surface area contributed by atoms with Crippen LogP contribution in [0.15, 0.2) is 0 Å². The highest BCUT2D eigenvalue weighted by atomic mass is 16.6. The van der Waals surface area contributed by atoms with E-state index in [1.165, 1.54) is 0 Å². The number of amides is 2. The van der Waals surface area contributed by atoms with Crippen molar-refractivity contribution in [1.82, 2.24) is 5.32 Å². The molecule has 1 saturated heterocycles. The van der Waals surface area contributed by atoms with Crippen LogP contribution < -0.4 is 11.1 Å². The summed E-state index contributed by atoms with van der Waals surface area (Å²) in [4.78, 5) is 22.7. The Hall–Kier alpha value is -1.10. The van der Waals surface area contributed by atoms with Gasteiger partial charge < -0.3 is 15.8 Å². The van der Waals surface area contributed by atoms with E-state index < -0.39 is 17.7 Å². The number of urea groups is 1. The quantitative estimate of drug-likeness (QED) is 0.651. The van der Waals surface area contributed by atoms with Gasteiger partial charge in [0.1, 0.15) is 5.60 Å². The molecule has 86 valence electrons. The second kappa shape index (κ2) is 4.18. The van der Waals surface area contributed by atoms with E-state index in [0.29, 0.717) is 18.9 Å². The summed E-state index contributed by atoms with van der Waals surface area (Å²) in [5.41, 5.74) is 4.32. The van der Waals surface area contributed by atoms with Crippen LogP contribution >= 0.6 is 0 Å². The maximum Gasteiger partial charge on any atom is 0.312 e. The van der Waals surface area contributed by atoms with E-state index in [0.717, 1.165) is 0 Å². The van der Waals surface area contributed by atoms with Gasteiger partial charge in [0.15, 0.2) is 5.78 Å². The van der Waals surface area contributed by atoms with Crippen LogP contribution in [0.2, 0.25) is 0 Å². The SMILES string of the molecule is CC(C)C[C@H](NC(N)=O)C(=O)C1(C)CO1. The van der Waals surface area contributed by atoms with Crippen molar-refractivity contribution in [3.8, 4) is 0 Å². The molecule has 1 rings (SSSR count). The van der Waals surface area contributed by atoms with Gasteiger partial charge in [-0.25, -0.2) is 4.79 Å². The minimum absolute atomic E-state index is 0.0880. The van der Waals surface area contributed by atoms with E-state index >= 15 is 0 Å². The highest BCUT2D eigenvalue weighted by Crippen LogP contribution is 2.29. The van der Waals surface area contributed by atoms with Gasteiger partial charge in [0.25, 0.3) is 0 Å². The summed E-state index contributed by atoms with van der Waals surface area (Å²) in [5.74, 6) is 0.225. The van der Waals surface area contributed by atoms with Gasteiger partial charge in [-0.2, -0.15) is 0 Å². The summed E-state index contributed by atoms with van der Waals surface area (Å²) in [6, 6.07) is -1.20. The number of hydrogen-bond donors (Lipinski definition) is 2. The number of ether oxygens (including phenoxy) is 1. The Bertz CT molecular complexity index is 272. The molecule has 5 heteroatoms. The molecule has 3 N–H and O–H groups in total. The topological polar surface area (TPSA) is 84.7 Å². The average Bonchev–Trinajstić information content (AvgIpc) is 2.81. The fourth-order valence-electron chi connectivity index (χ4n) is 1.49. The van der Waals surface area contributed by atoms with Crippen molar-refractivity contribution in [3.63, 3.8) is 0 Å². The van der Waals surface area contributed by atoms with Gasteiger partial charge in [-0.15, -0.1) is 0 Å². The maximum absolute atomic E-state index is 11.9. The smallest absolute Gasteiger partial charge is 0.312 e. The van der Waals surface area contributed by atoms with E-state index in [-0.39, 0.29) is 5.78 Å². The number of Topliss-reactive ketones (excluding diaryl/α,β-unsaturated/α-hetero) is 1. The third-order valence-corrected chi connectivity index (χ3v) is 2.44. The van der Waals surface area contributed by atoms with Crippen LogP contribution in [0.3, 0.4) is 0 Å². The summed E-state index contributed by atoms with van der Waals surface area (Å²) in [6.07, 6.45) is 0.584. The molecule has 5 nitrogen and oxygen atoms in total. The summed E-state index contributed by atoms with van der Waals surface area (Å²) >= 11 is 0. The van der Waals surface area contributed by atoms with E-state index in [9.17, 15) is 9.59 Å². The monoisotopic (exact) mass is 214 g/mol. The molecular formula is C10H18N2O3. The first-order valence-electron chi connectivity index (χ1n) is 5.09. The van der Waals surface area contributed by atoms with Crippen LogP contribution in [0.1, 0.15) is 27.2 Å². The number of ketones is 1. The number of rotatable bonds is 5. The van der Waals surface area contributed by atoms with Gasteiger partial charge in [0.05, 0.1) is 12.6 Å². The lowest BCUT2D eigenvalue weighted by atomic mass is 9.93. The molecule has 2 amide bonds. The van der Waals surface area contributed by atoms with Gasteiger partial charge in [0.2, 0.25) is 0 Å². The molecule has 1 aliphatic heterocycles.